The van der Waals surface area contributed by atoms with Crippen molar-refractivity contribution in [3.8, 4) is 0 Å². The summed E-state index contributed by atoms with van der Waals surface area (Å²) in [5.41, 5.74) is 1.20. The summed E-state index contributed by atoms with van der Waals surface area (Å²) in [7, 11) is 0. The van der Waals surface area contributed by atoms with Crippen LogP contribution in [0.2, 0.25) is 0 Å². The molecule has 1 aromatic carbocycles. The van der Waals surface area contributed by atoms with Crippen molar-refractivity contribution >= 4 is 22.4 Å². The van der Waals surface area contributed by atoms with Gasteiger partial charge in [-0.15, -0.1) is 17.9 Å². The summed E-state index contributed by atoms with van der Waals surface area (Å²) >= 11 is 1.62. The standard InChI is InChI=1S/C27H37N3O3S/c1-5-13-28-25-30-24-19(14-23(33)29-17(2)18-9-7-6-8-10-18)26(3)12-11-22(32)27(4,16-31)21(26)15-20(24)34-25/h5-10,17,19,21-22,31-32H,1,11-16H2,2-4H3,(H,28,30)(H,29,33)/t17-,19+,21-,22-,26+,27+/m1/s1. The predicted octanol–water partition coefficient (Wildman–Crippen LogP) is 4.42. The van der Waals surface area contributed by atoms with Crippen LogP contribution < -0.4 is 10.6 Å². The molecule has 0 unspecified atom stereocenters. The van der Waals surface area contributed by atoms with Gasteiger partial charge < -0.3 is 20.8 Å². The molecule has 2 aliphatic carbocycles. The van der Waals surface area contributed by atoms with Gasteiger partial charge in [0.25, 0.3) is 0 Å². The molecule has 7 heteroatoms. The molecule has 34 heavy (non-hydrogen) atoms. The fourth-order valence-corrected chi connectivity index (χ4v) is 7.27. The van der Waals surface area contributed by atoms with E-state index in [0.717, 1.165) is 34.1 Å². The normalized spacial score (nSPS) is 31.1. The lowest BCUT2D eigenvalue weighted by atomic mass is 9.47. The van der Waals surface area contributed by atoms with Gasteiger partial charge in [0.15, 0.2) is 5.13 Å². The van der Waals surface area contributed by atoms with Crippen molar-refractivity contribution in [2.75, 3.05) is 18.5 Å². The number of carbonyl (C=O) groups excluding carboxylic acids is 1. The van der Waals surface area contributed by atoms with Crippen molar-refractivity contribution in [3.63, 3.8) is 0 Å². The lowest BCUT2D eigenvalue weighted by Gasteiger charge is -2.58. The summed E-state index contributed by atoms with van der Waals surface area (Å²) < 4.78 is 0. The molecule has 6 nitrogen and oxygen atoms in total. The first-order valence-electron chi connectivity index (χ1n) is 12.2. The van der Waals surface area contributed by atoms with Crippen molar-refractivity contribution in [1.29, 1.82) is 0 Å². The third-order valence-corrected chi connectivity index (χ3v) is 9.41. The number of benzene rings is 1. The van der Waals surface area contributed by atoms with Crippen LogP contribution in [0.3, 0.4) is 0 Å². The molecule has 2 aromatic rings. The average Bonchev–Trinajstić information content (AvgIpc) is 3.24. The monoisotopic (exact) mass is 483 g/mol. The molecule has 0 spiro atoms. The Morgan fingerprint density at radius 1 is 1.35 bits per heavy atom. The quantitative estimate of drug-likeness (QED) is 0.417. The molecule has 6 atom stereocenters. The van der Waals surface area contributed by atoms with E-state index in [1.165, 1.54) is 0 Å². The molecule has 1 amide bonds. The van der Waals surface area contributed by atoms with Gasteiger partial charge in [0.2, 0.25) is 5.91 Å². The molecule has 1 aromatic heterocycles. The Kier molecular flexibility index (Phi) is 7.17. The number of carbonyl (C=O) groups is 1. The number of aliphatic hydroxyl groups excluding tert-OH is 2. The van der Waals surface area contributed by atoms with E-state index in [0.29, 0.717) is 19.4 Å². The fraction of sp³-hybridized carbons (Fsp3) is 0.556. The Hall–Kier alpha value is -2.22. The summed E-state index contributed by atoms with van der Waals surface area (Å²) in [6.45, 7) is 10.6. The van der Waals surface area contributed by atoms with Gasteiger partial charge in [0.05, 0.1) is 24.4 Å². The molecule has 1 fully saturated rings. The van der Waals surface area contributed by atoms with Gasteiger partial charge in [-0.2, -0.15) is 0 Å². The summed E-state index contributed by atoms with van der Waals surface area (Å²) in [5, 5.41) is 28.6. The zero-order valence-corrected chi connectivity index (χ0v) is 21.2. The number of aliphatic hydroxyl groups is 2. The molecule has 0 bridgehead atoms. The van der Waals surface area contributed by atoms with Crippen LogP contribution in [0.15, 0.2) is 43.0 Å². The Morgan fingerprint density at radius 3 is 2.76 bits per heavy atom. The molecule has 2 aliphatic rings. The molecule has 0 radical (unpaired) electrons. The highest BCUT2D eigenvalue weighted by molar-refractivity contribution is 7.15. The minimum Gasteiger partial charge on any atom is -0.396 e. The number of fused-ring (bicyclic) bond motifs is 2. The number of nitrogens with one attached hydrogen (secondary N) is 2. The van der Waals surface area contributed by atoms with Crippen LogP contribution in [0.4, 0.5) is 5.13 Å². The highest BCUT2D eigenvalue weighted by atomic mass is 32.1. The summed E-state index contributed by atoms with van der Waals surface area (Å²) in [5.74, 6) is -0.0315. The van der Waals surface area contributed by atoms with E-state index in [-0.39, 0.29) is 35.8 Å². The molecular weight excluding hydrogens is 446 g/mol. The van der Waals surface area contributed by atoms with Crippen LogP contribution in [0.5, 0.6) is 0 Å². The minimum absolute atomic E-state index is 0.000368. The van der Waals surface area contributed by atoms with E-state index in [1.807, 2.05) is 44.2 Å². The number of thiazole rings is 1. The number of hydrogen-bond donors (Lipinski definition) is 4. The maximum atomic E-state index is 13.3. The second-order valence-electron chi connectivity index (χ2n) is 10.4. The lowest BCUT2D eigenvalue weighted by Crippen LogP contribution is -2.57. The highest BCUT2D eigenvalue weighted by Crippen LogP contribution is 2.62. The van der Waals surface area contributed by atoms with Gasteiger partial charge in [0, 0.05) is 29.2 Å². The van der Waals surface area contributed by atoms with Gasteiger partial charge >= 0.3 is 0 Å². The third-order valence-electron chi connectivity index (χ3n) is 8.36. The van der Waals surface area contributed by atoms with Gasteiger partial charge in [-0.05, 0) is 43.1 Å². The molecule has 4 rings (SSSR count). The Balaban J connectivity index is 1.66. The van der Waals surface area contributed by atoms with Crippen LogP contribution in [-0.4, -0.2) is 40.4 Å². The fourth-order valence-electron chi connectivity index (χ4n) is 6.19. The van der Waals surface area contributed by atoms with Crippen molar-refractivity contribution in [2.24, 2.45) is 16.7 Å². The van der Waals surface area contributed by atoms with Crippen LogP contribution in [0.1, 0.15) is 68.1 Å². The van der Waals surface area contributed by atoms with Crippen molar-refractivity contribution in [1.82, 2.24) is 10.3 Å². The van der Waals surface area contributed by atoms with E-state index in [4.69, 9.17) is 4.98 Å². The van der Waals surface area contributed by atoms with Crippen molar-refractivity contribution < 1.29 is 15.0 Å². The van der Waals surface area contributed by atoms with Gasteiger partial charge in [-0.1, -0.05) is 50.3 Å². The molecule has 4 N–H and O–H groups in total. The highest BCUT2D eigenvalue weighted by Gasteiger charge is 2.59. The van der Waals surface area contributed by atoms with E-state index < -0.39 is 11.5 Å². The van der Waals surface area contributed by atoms with Crippen LogP contribution in [0.25, 0.3) is 0 Å². The molecule has 1 heterocycles. The summed E-state index contributed by atoms with van der Waals surface area (Å²) in [4.78, 5) is 19.4. The Morgan fingerprint density at radius 2 is 2.09 bits per heavy atom. The number of hydrogen-bond acceptors (Lipinski definition) is 6. The Bertz CT molecular complexity index is 1030. The topological polar surface area (TPSA) is 94.5 Å². The van der Waals surface area contributed by atoms with Crippen LogP contribution >= 0.6 is 11.3 Å². The first-order chi connectivity index (χ1) is 16.2. The second-order valence-corrected chi connectivity index (χ2v) is 11.5. The van der Waals surface area contributed by atoms with Crippen molar-refractivity contribution in [3.05, 3.63) is 59.1 Å². The number of nitrogens with zero attached hydrogens (tertiary/aromatic N) is 1. The van der Waals surface area contributed by atoms with Gasteiger partial charge in [-0.3, -0.25) is 4.79 Å². The summed E-state index contributed by atoms with van der Waals surface area (Å²) in [6, 6.07) is 9.89. The zero-order valence-electron chi connectivity index (χ0n) is 20.4. The maximum Gasteiger partial charge on any atom is 0.221 e. The van der Waals surface area contributed by atoms with E-state index in [9.17, 15) is 15.0 Å². The number of anilines is 1. The van der Waals surface area contributed by atoms with E-state index in [1.54, 1.807) is 17.4 Å². The second kappa shape index (κ2) is 9.80. The molecule has 184 valence electrons. The number of amides is 1. The Labute approximate surface area is 206 Å². The average molecular weight is 484 g/mol. The molecule has 1 saturated carbocycles. The van der Waals surface area contributed by atoms with Crippen LogP contribution in [0, 0.1) is 16.7 Å². The molecular formula is C27H37N3O3S. The summed E-state index contributed by atoms with van der Waals surface area (Å²) in [6.07, 6.45) is 3.74. The number of rotatable bonds is 8. The molecule has 0 aliphatic heterocycles. The SMILES string of the molecule is C=CCNc1nc2c(s1)C[C@H]1[C@](C)(CO)[C@H](O)CC[C@@]1(C)[C@H]2CC(=O)N[C@H](C)c1ccccc1. The lowest BCUT2D eigenvalue weighted by molar-refractivity contribution is -0.144. The largest absolute Gasteiger partial charge is 0.396 e. The van der Waals surface area contributed by atoms with Gasteiger partial charge in [-0.25, -0.2) is 4.98 Å². The predicted molar refractivity (Wildman–Crippen MR) is 137 cm³/mol. The van der Waals surface area contributed by atoms with Gasteiger partial charge in [0.1, 0.15) is 0 Å². The first kappa shape index (κ1) is 24.9. The smallest absolute Gasteiger partial charge is 0.221 e. The minimum atomic E-state index is -0.616. The van der Waals surface area contributed by atoms with Crippen molar-refractivity contribution in [2.45, 2.75) is 64.5 Å². The van der Waals surface area contributed by atoms with Crippen LogP contribution in [-0.2, 0) is 11.2 Å². The number of aromatic nitrogens is 1. The molecule has 0 saturated heterocycles. The van der Waals surface area contributed by atoms with E-state index >= 15 is 0 Å². The van der Waals surface area contributed by atoms with E-state index in [2.05, 4.69) is 24.1 Å². The zero-order chi connectivity index (χ0) is 24.5. The third kappa shape index (κ3) is 4.41. The first-order valence-corrected chi connectivity index (χ1v) is 13.0. The maximum absolute atomic E-state index is 13.3.